The van der Waals surface area contributed by atoms with Gasteiger partial charge >= 0.3 is 0 Å². The van der Waals surface area contributed by atoms with Crippen LogP contribution in [0.2, 0.25) is 0 Å². The highest BCUT2D eigenvalue weighted by Crippen LogP contribution is 2.39. The topological polar surface area (TPSA) is 55.8 Å². The van der Waals surface area contributed by atoms with E-state index in [2.05, 4.69) is 20.8 Å². The highest BCUT2D eigenvalue weighted by atomic mass is 16.5. The van der Waals surface area contributed by atoms with Crippen LogP contribution in [0.3, 0.4) is 0 Å². The molecule has 0 bridgehead atoms. The third kappa shape index (κ3) is 6.07. The molecule has 2 amide bonds. The first-order valence-electron chi connectivity index (χ1n) is 10.0. The van der Waals surface area contributed by atoms with Crippen molar-refractivity contribution >= 4 is 11.8 Å². The predicted molar refractivity (Wildman–Crippen MR) is 97.2 cm³/mol. The van der Waals surface area contributed by atoms with Gasteiger partial charge in [0.15, 0.2) is 0 Å². The fourth-order valence-electron chi connectivity index (χ4n) is 3.50. The summed E-state index contributed by atoms with van der Waals surface area (Å²) >= 11 is 0. The maximum absolute atomic E-state index is 12.4. The van der Waals surface area contributed by atoms with Crippen molar-refractivity contribution in [3.8, 4) is 0 Å². The van der Waals surface area contributed by atoms with E-state index >= 15 is 0 Å². The Morgan fingerprint density at radius 3 is 2.52 bits per heavy atom. The number of ether oxygens (including phenoxy) is 2. The molecule has 1 saturated carbocycles. The van der Waals surface area contributed by atoms with Crippen molar-refractivity contribution in [1.29, 1.82) is 0 Å². The van der Waals surface area contributed by atoms with Crippen molar-refractivity contribution in [1.82, 2.24) is 4.90 Å². The third-order valence-electron chi connectivity index (χ3n) is 5.55. The SMILES string of the molecule is CCCCCOC(C)(C)CCOCCN1C(=O)CC(C2CCC2)C1=O. The van der Waals surface area contributed by atoms with Gasteiger partial charge in [-0.15, -0.1) is 0 Å². The van der Waals surface area contributed by atoms with Crippen LogP contribution >= 0.6 is 0 Å². The van der Waals surface area contributed by atoms with Gasteiger partial charge in [0.2, 0.25) is 11.8 Å². The molecular weight excluding hydrogens is 318 g/mol. The molecule has 1 unspecified atom stereocenters. The van der Waals surface area contributed by atoms with Crippen molar-refractivity contribution in [2.24, 2.45) is 11.8 Å². The summed E-state index contributed by atoms with van der Waals surface area (Å²) in [5.41, 5.74) is -0.192. The average Bonchev–Trinajstić information content (AvgIpc) is 2.77. The van der Waals surface area contributed by atoms with Crippen LogP contribution in [0.1, 0.15) is 72.1 Å². The third-order valence-corrected chi connectivity index (χ3v) is 5.55. The minimum absolute atomic E-state index is 0.0231. The largest absolute Gasteiger partial charge is 0.379 e. The second kappa shape index (κ2) is 9.67. The molecule has 2 fully saturated rings. The van der Waals surface area contributed by atoms with Crippen molar-refractivity contribution in [2.75, 3.05) is 26.4 Å². The number of unbranched alkanes of at least 4 members (excludes halogenated alkanes) is 2. The van der Waals surface area contributed by atoms with Crippen LogP contribution < -0.4 is 0 Å². The van der Waals surface area contributed by atoms with E-state index in [-0.39, 0.29) is 23.3 Å². The van der Waals surface area contributed by atoms with E-state index in [0.29, 0.717) is 32.1 Å². The van der Waals surface area contributed by atoms with E-state index in [1.165, 1.54) is 24.2 Å². The van der Waals surface area contributed by atoms with Crippen LogP contribution in [-0.4, -0.2) is 48.7 Å². The first-order chi connectivity index (χ1) is 11.9. The number of nitrogens with zero attached hydrogens (tertiary/aromatic N) is 1. The summed E-state index contributed by atoms with van der Waals surface area (Å²) in [5, 5.41) is 0. The Bertz CT molecular complexity index is 445. The van der Waals surface area contributed by atoms with Gasteiger partial charge in [0.1, 0.15) is 0 Å². The monoisotopic (exact) mass is 353 g/mol. The summed E-state index contributed by atoms with van der Waals surface area (Å²) in [6.45, 7) is 8.53. The standard InChI is InChI=1S/C20H35NO4/c1-4-5-6-12-25-20(2,3)10-13-24-14-11-21-18(22)15-17(19(21)23)16-8-7-9-16/h16-17H,4-15H2,1-3H3. The zero-order chi connectivity index (χ0) is 18.3. The Labute approximate surface area is 152 Å². The number of likely N-dealkylation sites (tertiary alicyclic amines) is 1. The van der Waals surface area contributed by atoms with E-state index in [4.69, 9.17) is 9.47 Å². The summed E-state index contributed by atoms with van der Waals surface area (Å²) in [6.07, 6.45) is 8.11. The smallest absolute Gasteiger partial charge is 0.233 e. The Hall–Kier alpha value is -0.940. The zero-order valence-corrected chi connectivity index (χ0v) is 16.2. The highest BCUT2D eigenvalue weighted by molar-refractivity contribution is 6.03. The van der Waals surface area contributed by atoms with Gasteiger partial charge in [-0.1, -0.05) is 26.2 Å². The molecule has 1 heterocycles. The lowest BCUT2D eigenvalue weighted by molar-refractivity contribution is -0.141. The molecule has 0 aromatic heterocycles. The average molecular weight is 354 g/mol. The fraction of sp³-hybridized carbons (Fsp3) is 0.900. The molecule has 0 radical (unpaired) electrons. The lowest BCUT2D eigenvalue weighted by Crippen LogP contribution is -2.36. The van der Waals surface area contributed by atoms with Gasteiger partial charge in [-0.3, -0.25) is 14.5 Å². The molecule has 25 heavy (non-hydrogen) atoms. The molecule has 1 aliphatic heterocycles. The van der Waals surface area contributed by atoms with Crippen LogP contribution in [0.25, 0.3) is 0 Å². The van der Waals surface area contributed by atoms with Gasteiger partial charge in [0.05, 0.1) is 24.7 Å². The predicted octanol–water partition coefficient (Wildman–Crippen LogP) is 3.55. The first-order valence-corrected chi connectivity index (χ1v) is 10.0. The molecule has 0 N–H and O–H groups in total. The molecule has 0 aromatic carbocycles. The van der Waals surface area contributed by atoms with Crippen LogP contribution in [-0.2, 0) is 19.1 Å². The van der Waals surface area contributed by atoms with E-state index in [0.717, 1.165) is 32.3 Å². The number of rotatable bonds is 12. The zero-order valence-electron chi connectivity index (χ0n) is 16.2. The fourth-order valence-corrected chi connectivity index (χ4v) is 3.50. The molecule has 1 atom stereocenters. The number of imide groups is 1. The molecule has 1 aliphatic carbocycles. The molecular formula is C20H35NO4. The molecule has 5 nitrogen and oxygen atoms in total. The van der Waals surface area contributed by atoms with Crippen LogP contribution in [0.5, 0.6) is 0 Å². The highest BCUT2D eigenvalue weighted by Gasteiger charge is 2.44. The van der Waals surface area contributed by atoms with Crippen molar-refractivity contribution in [2.45, 2.75) is 77.7 Å². The summed E-state index contributed by atoms with van der Waals surface area (Å²) in [7, 11) is 0. The maximum Gasteiger partial charge on any atom is 0.233 e. The van der Waals surface area contributed by atoms with Gasteiger partial charge in [-0.25, -0.2) is 0 Å². The number of amides is 2. The Morgan fingerprint density at radius 1 is 1.12 bits per heavy atom. The molecule has 144 valence electrons. The minimum atomic E-state index is -0.192. The molecule has 5 heteroatoms. The molecule has 2 rings (SSSR count). The number of hydrogen-bond donors (Lipinski definition) is 0. The van der Waals surface area contributed by atoms with Gasteiger partial charge < -0.3 is 9.47 Å². The van der Waals surface area contributed by atoms with E-state index in [9.17, 15) is 9.59 Å². The second-order valence-corrected chi connectivity index (χ2v) is 8.06. The van der Waals surface area contributed by atoms with Crippen molar-refractivity contribution in [3.05, 3.63) is 0 Å². The molecule has 2 aliphatic rings. The van der Waals surface area contributed by atoms with Crippen LogP contribution in [0, 0.1) is 11.8 Å². The van der Waals surface area contributed by atoms with Crippen LogP contribution in [0.15, 0.2) is 0 Å². The van der Waals surface area contributed by atoms with Crippen molar-refractivity contribution < 1.29 is 19.1 Å². The van der Waals surface area contributed by atoms with E-state index < -0.39 is 0 Å². The van der Waals surface area contributed by atoms with Gasteiger partial charge in [-0.2, -0.15) is 0 Å². The quantitative estimate of drug-likeness (QED) is 0.398. The maximum atomic E-state index is 12.4. The van der Waals surface area contributed by atoms with E-state index in [1.54, 1.807) is 0 Å². The normalized spacial score (nSPS) is 21.9. The lowest BCUT2D eigenvalue weighted by Gasteiger charge is -2.29. The van der Waals surface area contributed by atoms with Gasteiger partial charge in [0, 0.05) is 19.6 Å². The minimum Gasteiger partial charge on any atom is -0.379 e. The molecule has 0 spiro atoms. The lowest BCUT2D eigenvalue weighted by atomic mass is 9.75. The summed E-state index contributed by atoms with van der Waals surface area (Å²) in [5.74, 6) is 0.382. The Morgan fingerprint density at radius 2 is 1.88 bits per heavy atom. The summed E-state index contributed by atoms with van der Waals surface area (Å²) in [4.78, 5) is 25.8. The van der Waals surface area contributed by atoms with E-state index in [1.807, 2.05) is 0 Å². The second-order valence-electron chi connectivity index (χ2n) is 8.06. The molecule has 0 aromatic rings. The van der Waals surface area contributed by atoms with Crippen molar-refractivity contribution in [3.63, 3.8) is 0 Å². The number of carbonyl (C=O) groups is 2. The number of carbonyl (C=O) groups excluding carboxylic acids is 2. The van der Waals surface area contributed by atoms with Crippen LogP contribution in [0.4, 0.5) is 0 Å². The Kier molecular flexibility index (Phi) is 7.88. The summed E-state index contributed by atoms with van der Waals surface area (Å²) < 4.78 is 11.6. The molecule has 1 saturated heterocycles. The number of hydrogen-bond acceptors (Lipinski definition) is 4. The Balaban J connectivity index is 1.59. The van der Waals surface area contributed by atoms with Gasteiger partial charge in [-0.05, 0) is 45.4 Å². The first kappa shape index (κ1) is 20.4. The summed E-state index contributed by atoms with van der Waals surface area (Å²) in [6, 6.07) is 0. The van der Waals surface area contributed by atoms with Gasteiger partial charge in [0.25, 0.3) is 0 Å².